The van der Waals surface area contributed by atoms with Gasteiger partial charge in [-0.3, -0.25) is 19.3 Å². The number of carbonyl (C=O) groups is 5. The van der Waals surface area contributed by atoms with E-state index in [1.54, 1.807) is 59.3 Å². The van der Waals surface area contributed by atoms with Crippen molar-refractivity contribution in [1.29, 1.82) is 0 Å². The summed E-state index contributed by atoms with van der Waals surface area (Å²) >= 11 is 1.38. The average Bonchev–Trinajstić information content (AvgIpc) is 3.35. The number of benzene rings is 1. The number of methoxy groups -OCH3 is 1. The van der Waals surface area contributed by atoms with E-state index in [2.05, 4.69) is 5.32 Å². The second-order valence-electron chi connectivity index (χ2n) is 10.2. The fraction of sp³-hybridized carbons (Fsp3) is 0.310. The molecule has 1 aromatic carbocycles. The first-order chi connectivity index (χ1) is 21.7. The van der Waals surface area contributed by atoms with Gasteiger partial charge in [-0.1, -0.05) is 0 Å². The number of hydrogen-bond donors (Lipinski definition) is 3. The highest BCUT2D eigenvalue weighted by molar-refractivity contribution is 8.00. The maximum Gasteiger partial charge on any atom is 0.490 e. The normalized spacial score (nSPS) is 20.1. The number of carboxylic acid groups (broad SMARTS) is 2. The highest BCUT2D eigenvalue weighted by Crippen LogP contribution is 2.40. The number of pyridine rings is 1. The van der Waals surface area contributed by atoms with E-state index < -0.39 is 35.4 Å². The zero-order valence-electron chi connectivity index (χ0n) is 24.2. The van der Waals surface area contributed by atoms with Crippen molar-refractivity contribution in [3.05, 3.63) is 77.3 Å². The number of anilines is 1. The molecular formula is C29H28F3N5O8S. The van der Waals surface area contributed by atoms with Crippen molar-refractivity contribution < 1.29 is 56.7 Å². The van der Waals surface area contributed by atoms with Gasteiger partial charge >= 0.3 is 12.1 Å². The Kier molecular flexibility index (Phi) is 10.4. The van der Waals surface area contributed by atoms with Crippen LogP contribution in [0.15, 0.2) is 71.7 Å². The topological polar surface area (TPSA) is 186 Å². The molecule has 3 aliphatic heterocycles. The molecule has 4 heterocycles. The van der Waals surface area contributed by atoms with Crippen molar-refractivity contribution in [2.45, 2.75) is 37.1 Å². The van der Waals surface area contributed by atoms with Gasteiger partial charge in [0.15, 0.2) is 12.4 Å². The Morgan fingerprint density at radius 2 is 1.80 bits per heavy atom. The predicted octanol–water partition coefficient (Wildman–Crippen LogP) is 0.160. The molecule has 13 nitrogen and oxygen atoms in total. The third kappa shape index (κ3) is 7.84. The number of likely N-dealkylation sites (tertiary alicyclic amines) is 1. The molecule has 46 heavy (non-hydrogen) atoms. The van der Waals surface area contributed by atoms with Crippen LogP contribution in [0.2, 0.25) is 0 Å². The zero-order chi connectivity index (χ0) is 33.8. The molecule has 0 aliphatic carbocycles. The van der Waals surface area contributed by atoms with Crippen LogP contribution >= 0.6 is 11.8 Å². The van der Waals surface area contributed by atoms with Crippen LogP contribution in [-0.4, -0.2) is 81.6 Å². The maximum atomic E-state index is 13.1. The molecule has 0 spiro atoms. The van der Waals surface area contributed by atoms with Gasteiger partial charge in [0.1, 0.15) is 17.2 Å². The van der Waals surface area contributed by atoms with Gasteiger partial charge in [-0.2, -0.15) is 17.7 Å². The lowest BCUT2D eigenvalue weighted by Crippen LogP contribution is -2.69. The number of alkyl halides is 3. The summed E-state index contributed by atoms with van der Waals surface area (Å²) in [6.07, 6.45) is 0.514. The number of hydrogen-bond acceptors (Lipinski definition) is 9. The SMILES string of the molecule is COc1ccc(NC(=O)C[n+]2ccc(CN3CC/C(=C\C4=C(C(=O)[O-])N5C(=O)[C@@H](N)[C@H]5SC4)C3=O)cc2)cc1.O=C(O)C(F)(F)F. The largest absolute Gasteiger partial charge is 0.543 e. The van der Waals surface area contributed by atoms with E-state index in [1.165, 1.54) is 11.8 Å². The first-order valence-corrected chi connectivity index (χ1v) is 14.6. The molecule has 2 atom stereocenters. The van der Waals surface area contributed by atoms with Crippen LogP contribution < -0.4 is 25.5 Å². The Bertz CT molecular complexity index is 1600. The molecule has 4 N–H and O–H groups in total. The van der Waals surface area contributed by atoms with Crippen LogP contribution in [0.5, 0.6) is 5.75 Å². The van der Waals surface area contributed by atoms with E-state index in [-0.39, 0.29) is 24.1 Å². The molecule has 0 bridgehead atoms. The summed E-state index contributed by atoms with van der Waals surface area (Å²) in [4.78, 5) is 61.1. The first kappa shape index (κ1) is 34.0. The molecule has 2 saturated heterocycles. The van der Waals surface area contributed by atoms with Crippen LogP contribution in [0, 0.1) is 0 Å². The Morgan fingerprint density at radius 1 is 1.17 bits per heavy atom. The lowest BCUT2D eigenvalue weighted by atomic mass is 10.0. The monoisotopic (exact) mass is 663 g/mol. The second-order valence-corrected chi connectivity index (χ2v) is 11.3. The van der Waals surface area contributed by atoms with E-state index in [1.807, 2.05) is 12.1 Å². The van der Waals surface area contributed by atoms with E-state index in [4.69, 9.17) is 20.4 Å². The van der Waals surface area contributed by atoms with Crippen LogP contribution in [0.3, 0.4) is 0 Å². The maximum absolute atomic E-state index is 13.1. The smallest absolute Gasteiger partial charge is 0.490 e. The van der Waals surface area contributed by atoms with E-state index in [9.17, 15) is 37.5 Å². The summed E-state index contributed by atoms with van der Waals surface area (Å²) in [7, 11) is 1.58. The van der Waals surface area contributed by atoms with Gasteiger partial charge < -0.3 is 35.7 Å². The number of aliphatic carboxylic acids is 2. The number of carbonyl (C=O) groups excluding carboxylic acids is 4. The number of halogens is 3. The zero-order valence-corrected chi connectivity index (χ0v) is 25.0. The molecule has 1 aromatic heterocycles. The Hall–Kier alpha value is -4.90. The molecule has 0 saturated carbocycles. The number of carboxylic acids is 2. The van der Waals surface area contributed by atoms with E-state index in [0.29, 0.717) is 47.8 Å². The van der Waals surface area contributed by atoms with Gasteiger partial charge in [0.2, 0.25) is 18.4 Å². The molecule has 3 amide bonds. The van der Waals surface area contributed by atoms with Gasteiger partial charge in [0, 0.05) is 42.2 Å². The molecule has 0 unspecified atom stereocenters. The molecular weight excluding hydrogens is 635 g/mol. The Balaban J connectivity index is 0.000000617. The number of amides is 3. The molecule has 3 aliphatic rings. The minimum absolute atomic E-state index is 0.126. The summed E-state index contributed by atoms with van der Waals surface area (Å²) in [5.74, 6) is -4.00. The van der Waals surface area contributed by atoms with Gasteiger partial charge in [-0.05, 0) is 47.9 Å². The van der Waals surface area contributed by atoms with Crippen molar-refractivity contribution in [3.63, 3.8) is 0 Å². The predicted molar refractivity (Wildman–Crippen MR) is 153 cm³/mol. The molecule has 2 fully saturated rings. The number of nitrogens with zero attached hydrogens (tertiary/aromatic N) is 3. The quantitative estimate of drug-likeness (QED) is 0.200. The van der Waals surface area contributed by atoms with Crippen molar-refractivity contribution in [2.75, 3.05) is 24.7 Å². The van der Waals surface area contributed by atoms with Gasteiger partial charge in [0.05, 0.1) is 18.8 Å². The van der Waals surface area contributed by atoms with Gasteiger partial charge in [-0.15, -0.1) is 11.8 Å². The average molecular weight is 664 g/mol. The van der Waals surface area contributed by atoms with Crippen LogP contribution in [0.25, 0.3) is 0 Å². The van der Waals surface area contributed by atoms with Crippen molar-refractivity contribution in [3.8, 4) is 5.75 Å². The third-order valence-corrected chi connectivity index (χ3v) is 8.39. The number of fused-ring (bicyclic) bond motifs is 1. The molecule has 17 heteroatoms. The second kappa shape index (κ2) is 14.0. The summed E-state index contributed by atoms with van der Waals surface area (Å²) < 4.78 is 38.6. The number of aromatic nitrogens is 1. The molecule has 244 valence electrons. The first-order valence-electron chi connectivity index (χ1n) is 13.6. The number of β-lactam (4-membered cyclic amide) rings is 1. The number of thioether (sulfide) groups is 1. The fourth-order valence-electron chi connectivity index (χ4n) is 4.76. The summed E-state index contributed by atoms with van der Waals surface area (Å²) in [5, 5.41) is 21.3. The molecule has 2 aromatic rings. The standard InChI is InChI=1S/C27H27N5O6S.C2HF3O2/c1-38-20-4-2-19(3-5-20)29-21(33)14-30-9-6-16(7-10-30)13-31-11-8-17(24(31)34)12-18-15-39-26-22(28)25(35)32(26)23(18)27(36)37;3-2(4,5)1(6)7/h2-7,9-10,12,22,26H,8,11,13-15,28H2,1H3,(H-,29,33,36,37);(H,6,7)/b17-12+;/t22-,26-;/m1./s1. The number of rotatable bonds is 8. The lowest BCUT2D eigenvalue weighted by molar-refractivity contribution is -0.684. The van der Waals surface area contributed by atoms with Crippen LogP contribution in [0.4, 0.5) is 18.9 Å². The summed E-state index contributed by atoms with van der Waals surface area (Å²) in [6, 6.07) is 10.0. The number of ether oxygens (including phenoxy) is 1. The number of nitrogens with two attached hydrogens (primary N) is 1. The Labute approximate surface area is 264 Å². The third-order valence-electron chi connectivity index (χ3n) is 7.07. The molecule has 5 rings (SSSR count). The minimum Gasteiger partial charge on any atom is -0.543 e. The fourth-order valence-corrected chi connectivity index (χ4v) is 6.01. The van der Waals surface area contributed by atoms with E-state index in [0.717, 1.165) is 10.5 Å². The van der Waals surface area contributed by atoms with Gasteiger partial charge in [0.25, 0.3) is 5.91 Å². The van der Waals surface area contributed by atoms with Crippen molar-refractivity contribution in [2.24, 2.45) is 5.73 Å². The summed E-state index contributed by atoms with van der Waals surface area (Å²) in [6.45, 7) is 0.986. The van der Waals surface area contributed by atoms with Crippen molar-refractivity contribution >= 4 is 47.1 Å². The number of allylic oxidation sites excluding steroid dienone is 1. The summed E-state index contributed by atoms with van der Waals surface area (Å²) in [5.41, 5.74) is 8.02. The lowest BCUT2D eigenvalue weighted by Gasteiger charge is -2.49. The van der Waals surface area contributed by atoms with Crippen LogP contribution in [-0.2, 0) is 37.1 Å². The minimum atomic E-state index is -5.08. The van der Waals surface area contributed by atoms with Crippen molar-refractivity contribution in [1.82, 2.24) is 9.80 Å². The Morgan fingerprint density at radius 3 is 2.37 bits per heavy atom. The molecule has 0 radical (unpaired) electrons. The highest BCUT2D eigenvalue weighted by Gasteiger charge is 2.50. The van der Waals surface area contributed by atoms with Gasteiger partial charge in [-0.25, -0.2) is 4.79 Å². The van der Waals surface area contributed by atoms with E-state index >= 15 is 0 Å². The number of nitrogens with one attached hydrogen (secondary N) is 1. The van der Waals surface area contributed by atoms with Crippen LogP contribution in [0.1, 0.15) is 12.0 Å². The highest BCUT2D eigenvalue weighted by atomic mass is 32.2.